The molecule has 8 nitrogen and oxygen atoms in total. The van der Waals surface area contributed by atoms with E-state index in [-0.39, 0.29) is 16.4 Å². The average molecular weight is 355 g/mol. The Morgan fingerprint density at radius 1 is 1.22 bits per heavy atom. The number of rotatable bonds is 7. The molecule has 0 bridgehead atoms. The van der Waals surface area contributed by atoms with Gasteiger partial charge in [-0.05, 0) is 12.1 Å². The molecule has 1 aromatic carbocycles. The summed E-state index contributed by atoms with van der Waals surface area (Å²) < 4.78 is 26.6. The van der Waals surface area contributed by atoms with Gasteiger partial charge in [-0.25, -0.2) is 13.4 Å². The van der Waals surface area contributed by atoms with Crippen LogP contribution in [-0.2, 0) is 26.0 Å². The zero-order valence-corrected chi connectivity index (χ0v) is 13.4. The number of nitrogens with one attached hydrogen (secondary N) is 2. The first-order valence-electron chi connectivity index (χ1n) is 6.37. The van der Waals surface area contributed by atoms with E-state index in [9.17, 15) is 18.0 Å². The molecule has 1 amide bonds. The van der Waals surface area contributed by atoms with E-state index < -0.39 is 28.4 Å². The Morgan fingerprint density at radius 2 is 1.91 bits per heavy atom. The highest BCUT2D eigenvalue weighted by molar-refractivity contribution is 7.93. The number of amides is 1. The third-order valence-electron chi connectivity index (χ3n) is 2.61. The number of aliphatic carboxylic acids is 1. The fraction of sp³-hybridized carbons (Fsp3) is 0.154. The minimum absolute atomic E-state index is 0.107. The number of sulfonamides is 1. The molecule has 2 aromatic rings. The lowest BCUT2D eigenvalue weighted by Gasteiger charge is -2.04. The second kappa shape index (κ2) is 7.20. The van der Waals surface area contributed by atoms with Crippen LogP contribution in [0, 0.1) is 0 Å². The topological polar surface area (TPSA) is 125 Å². The van der Waals surface area contributed by atoms with E-state index in [0.29, 0.717) is 5.69 Å². The molecule has 0 radical (unpaired) electrons. The van der Waals surface area contributed by atoms with Gasteiger partial charge in [0.2, 0.25) is 5.91 Å². The zero-order valence-electron chi connectivity index (χ0n) is 11.7. The Balaban J connectivity index is 2.00. The van der Waals surface area contributed by atoms with E-state index in [4.69, 9.17) is 5.11 Å². The van der Waals surface area contributed by atoms with Gasteiger partial charge in [0.1, 0.15) is 6.54 Å². The van der Waals surface area contributed by atoms with Gasteiger partial charge < -0.3 is 10.4 Å². The Hall–Kier alpha value is -2.46. The van der Waals surface area contributed by atoms with E-state index in [1.807, 2.05) is 0 Å². The molecule has 0 spiro atoms. The maximum Gasteiger partial charge on any atom is 0.322 e. The molecule has 0 saturated carbocycles. The molecule has 0 atom stereocenters. The first-order chi connectivity index (χ1) is 10.9. The Labute approximate surface area is 136 Å². The number of benzene rings is 1. The number of hydrogen-bond acceptors (Lipinski definition) is 6. The van der Waals surface area contributed by atoms with Crippen LogP contribution in [0.15, 0.2) is 40.6 Å². The van der Waals surface area contributed by atoms with Crippen molar-refractivity contribution >= 4 is 38.4 Å². The molecule has 122 valence electrons. The molecule has 0 saturated heterocycles. The van der Waals surface area contributed by atoms with Crippen LogP contribution in [0.4, 0.5) is 5.13 Å². The van der Waals surface area contributed by atoms with Crippen molar-refractivity contribution in [3.05, 3.63) is 41.4 Å². The number of hydrogen-bond donors (Lipinski definition) is 3. The van der Waals surface area contributed by atoms with Crippen LogP contribution in [0.5, 0.6) is 0 Å². The van der Waals surface area contributed by atoms with Gasteiger partial charge in [0.15, 0.2) is 5.13 Å². The van der Waals surface area contributed by atoms with Crippen molar-refractivity contribution in [2.24, 2.45) is 0 Å². The summed E-state index contributed by atoms with van der Waals surface area (Å²) in [4.78, 5) is 25.9. The van der Waals surface area contributed by atoms with Crippen LogP contribution in [0.1, 0.15) is 5.69 Å². The number of aromatic nitrogens is 1. The lowest BCUT2D eigenvalue weighted by atomic mass is 10.3. The van der Waals surface area contributed by atoms with Crippen LogP contribution in [0.3, 0.4) is 0 Å². The lowest BCUT2D eigenvalue weighted by molar-refractivity contribution is -0.137. The molecular formula is C13H13N3O5S2. The zero-order chi connectivity index (χ0) is 16.9. The lowest BCUT2D eigenvalue weighted by Crippen LogP contribution is -2.30. The van der Waals surface area contributed by atoms with Crippen molar-refractivity contribution in [3.8, 4) is 0 Å². The van der Waals surface area contributed by atoms with Crippen molar-refractivity contribution in [1.82, 2.24) is 10.3 Å². The number of carboxylic acids is 1. The van der Waals surface area contributed by atoms with Gasteiger partial charge in [0, 0.05) is 5.38 Å². The van der Waals surface area contributed by atoms with Gasteiger partial charge in [-0.2, -0.15) is 0 Å². The van der Waals surface area contributed by atoms with Gasteiger partial charge in [0.05, 0.1) is 17.0 Å². The van der Waals surface area contributed by atoms with Gasteiger partial charge in [-0.1, -0.05) is 18.2 Å². The number of thiazole rings is 1. The largest absolute Gasteiger partial charge is 0.480 e. The predicted octanol–water partition coefficient (Wildman–Crippen LogP) is 0.687. The summed E-state index contributed by atoms with van der Waals surface area (Å²) in [7, 11) is -3.73. The number of carbonyl (C=O) groups is 2. The highest BCUT2D eigenvalue weighted by atomic mass is 32.2. The normalized spacial score (nSPS) is 11.0. The van der Waals surface area contributed by atoms with Crippen molar-refractivity contribution in [1.29, 1.82) is 0 Å². The highest BCUT2D eigenvalue weighted by Crippen LogP contribution is 2.20. The molecule has 0 unspecified atom stereocenters. The molecule has 0 aliphatic heterocycles. The molecule has 3 N–H and O–H groups in total. The van der Waals surface area contributed by atoms with Gasteiger partial charge >= 0.3 is 5.97 Å². The second-order valence-electron chi connectivity index (χ2n) is 4.41. The van der Waals surface area contributed by atoms with Gasteiger partial charge in [-0.15, -0.1) is 11.3 Å². The summed E-state index contributed by atoms with van der Waals surface area (Å²) in [6, 6.07) is 7.83. The highest BCUT2D eigenvalue weighted by Gasteiger charge is 2.16. The summed E-state index contributed by atoms with van der Waals surface area (Å²) >= 11 is 1.04. The number of nitrogens with zero attached hydrogens (tertiary/aromatic N) is 1. The average Bonchev–Trinajstić information content (AvgIpc) is 2.92. The molecule has 23 heavy (non-hydrogen) atoms. The standard InChI is InChI=1S/C13H13N3O5S2/c17-11(14-7-12(18)19)6-9-8-22-13(15-9)16-23(20,21)10-4-2-1-3-5-10/h1-5,8H,6-7H2,(H,14,17)(H,15,16)(H,18,19). The number of carbonyl (C=O) groups excluding carboxylic acids is 1. The van der Waals surface area contributed by atoms with Crippen LogP contribution in [-0.4, -0.2) is 36.9 Å². The van der Waals surface area contributed by atoms with Crippen LogP contribution >= 0.6 is 11.3 Å². The van der Waals surface area contributed by atoms with Crippen molar-refractivity contribution in [2.75, 3.05) is 11.3 Å². The smallest absolute Gasteiger partial charge is 0.322 e. The quantitative estimate of drug-likeness (QED) is 0.671. The molecule has 1 aromatic heterocycles. The maximum atomic E-state index is 12.1. The van der Waals surface area contributed by atoms with Crippen molar-refractivity contribution in [2.45, 2.75) is 11.3 Å². The minimum atomic E-state index is -3.73. The van der Waals surface area contributed by atoms with Crippen molar-refractivity contribution in [3.63, 3.8) is 0 Å². The van der Waals surface area contributed by atoms with E-state index in [0.717, 1.165) is 11.3 Å². The third kappa shape index (κ3) is 5.04. The molecule has 10 heteroatoms. The first-order valence-corrected chi connectivity index (χ1v) is 8.74. The fourth-order valence-electron chi connectivity index (χ4n) is 1.61. The SMILES string of the molecule is O=C(O)CNC(=O)Cc1csc(NS(=O)(=O)c2ccccc2)n1. The summed E-state index contributed by atoms with van der Waals surface area (Å²) in [5.41, 5.74) is 0.351. The molecule has 0 fully saturated rings. The minimum Gasteiger partial charge on any atom is -0.480 e. The monoisotopic (exact) mass is 355 g/mol. The maximum absolute atomic E-state index is 12.1. The van der Waals surface area contributed by atoms with E-state index in [1.54, 1.807) is 18.2 Å². The van der Waals surface area contributed by atoms with Gasteiger partial charge in [0.25, 0.3) is 10.0 Å². The molecule has 1 heterocycles. The molecule has 2 rings (SSSR count). The third-order valence-corrected chi connectivity index (χ3v) is 4.90. The summed E-state index contributed by atoms with van der Waals surface area (Å²) in [5.74, 6) is -1.65. The molecular weight excluding hydrogens is 342 g/mol. The first kappa shape index (κ1) is 16.9. The van der Waals surface area contributed by atoms with E-state index in [2.05, 4.69) is 15.0 Å². The van der Waals surface area contributed by atoms with Gasteiger partial charge in [-0.3, -0.25) is 14.3 Å². The van der Waals surface area contributed by atoms with Crippen LogP contribution < -0.4 is 10.0 Å². The number of carboxylic acid groups (broad SMARTS) is 1. The Kier molecular flexibility index (Phi) is 5.29. The second-order valence-corrected chi connectivity index (χ2v) is 6.95. The van der Waals surface area contributed by atoms with Crippen molar-refractivity contribution < 1.29 is 23.1 Å². The Morgan fingerprint density at radius 3 is 2.57 bits per heavy atom. The Bertz CT molecular complexity index is 802. The summed E-state index contributed by atoms with van der Waals surface area (Å²) in [5, 5.41) is 12.3. The molecule has 0 aliphatic carbocycles. The molecule has 0 aliphatic rings. The predicted molar refractivity (Wildman–Crippen MR) is 83.7 cm³/mol. The van der Waals surface area contributed by atoms with E-state index >= 15 is 0 Å². The summed E-state index contributed by atoms with van der Waals surface area (Å²) in [6.45, 7) is -0.476. The fourth-order valence-corrected chi connectivity index (χ4v) is 3.59. The summed E-state index contributed by atoms with van der Waals surface area (Å²) in [6.07, 6.45) is -0.128. The van der Waals surface area contributed by atoms with Crippen LogP contribution in [0.2, 0.25) is 0 Å². The number of anilines is 1. The van der Waals surface area contributed by atoms with E-state index in [1.165, 1.54) is 17.5 Å². The van der Waals surface area contributed by atoms with Crippen LogP contribution in [0.25, 0.3) is 0 Å².